The van der Waals surface area contributed by atoms with Crippen LogP contribution >= 0.6 is 0 Å². The molecule has 0 atom stereocenters. The van der Waals surface area contributed by atoms with Crippen molar-refractivity contribution in [2.24, 2.45) is 5.73 Å². The van der Waals surface area contributed by atoms with E-state index >= 15 is 0 Å². The molecule has 0 fully saturated rings. The third kappa shape index (κ3) is 3.46. The SMILES string of the molecule is Cc1ccc(NCCC(N)=O)cc1N(C)C. The lowest BCUT2D eigenvalue weighted by Crippen LogP contribution is -2.16. The van der Waals surface area contributed by atoms with Gasteiger partial charge in [-0.2, -0.15) is 0 Å². The van der Waals surface area contributed by atoms with Crippen molar-refractivity contribution in [1.82, 2.24) is 0 Å². The molecule has 1 aromatic carbocycles. The smallest absolute Gasteiger partial charge is 0.219 e. The summed E-state index contributed by atoms with van der Waals surface area (Å²) in [5, 5.41) is 3.17. The van der Waals surface area contributed by atoms with Gasteiger partial charge >= 0.3 is 0 Å². The van der Waals surface area contributed by atoms with Crippen LogP contribution in [-0.2, 0) is 4.79 Å². The number of nitrogens with zero attached hydrogens (tertiary/aromatic N) is 1. The van der Waals surface area contributed by atoms with E-state index in [-0.39, 0.29) is 5.91 Å². The number of aryl methyl sites for hydroxylation is 1. The third-order valence-corrected chi connectivity index (χ3v) is 2.39. The van der Waals surface area contributed by atoms with E-state index in [0.29, 0.717) is 13.0 Å². The number of primary amides is 1. The van der Waals surface area contributed by atoms with Crippen LogP contribution in [0.25, 0.3) is 0 Å². The van der Waals surface area contributed by atoms with Crippen molar-refractivity contribution in [3.05, 3.63) is 23.8 Å². The van der Waals surface area contributed by atoms with Crippen LogP contribution in [0.1, 0.15) is 12.0 Å². The monoisotopic (exact) mass is 221 g/mol. The highest BCUT2D eigenvalue weighted by Crippen LogP contribution is 2.22. The van der Waals surface area contributed by atoms with Gasteiger partial charge in [0.2, 0.25) is 5.91 Å². The van der Waals surface area contributed by atoms with E-state index < -0.39 is 0 Å². The Kier molecular flexibility index (Phi) is 4.17. The van der Waals surface area contributed by atoms with Gasteiger partial charge in [-0.1, -0.05) is 6.07 Å². The molecular formula is C12H19N3O. The Morgan fingerprint density at radius 3 is 2.69 bits per heavy atom. The Morgan fingerprint density at radius 1 is 1.44 bits per heavy atom. The zero-order valence-electron chi connectivity index (χ0n) is 10.1. The van der Waals surface area contributed by atoms with Gasteiger partial charge < -0.3 is 16.0 Å². The molecule has 0 unspecified atom stereocenters. The summed E-state index contributed by atoms with van der Waals surface area (Å²) in [6.45, 7) is 2.65. The van der Waals surface area contributed by atoms with E-state index in [4.69, 9.17) is 5.73 Å². The zero-order chi connectivity index (χ0) is 12.1. The van der Waals surface area contributed by atoms with Crippen LogP contribution in [0.2, 0.25) is 0 Å². The largest absolute Gasteiger partial charge is 0.384 e. The Balaban J connectivity index is 2.67. The van der Waals surface area contributed by atoms with E-state index in [1.165, 1.54) is 11.3 Å². The van der Waals surface area contributed by atoms with Crippen molar-refractivity contribution in [2.45, 2.75) is 13.3 Å². The number of anilines is 2. The molecule has 0 aliphatic rings. The topological polar surface area (TPSA) is 58.4 Å². The van der Waals surface area contributed by atoms with Crippen LogP contribution in [0, 0.1) is 6.92 Å². The fourth-order valence-corrected chi connectivity index (χ4v) is 1.53. The number of carbonyl (C=O) groups excluding carboxylic acids is 1. The number of nitrogens with two attached hydrogens (primary N) is 1. The predicted molar refractivity (Wildman–Crippen MR) is 67.8 cm³/mol. The fraction of sp³-hybridized carbons (Fsp3) is 0.417. The van der Waals surface area contributed by atoms with Crippen LogP contribution in [0.4, 0.5) is 11.4 Å². The van der Waals surface area contributed by atoms with E-state index in [0.717, 1.165) is 5.69 Å². The molecule has 1 aromatic rings. The van der Waals surface area contributed by atoms with Gasteiger partial charge in [-0.15, -0.1) is 0 Å². The minimum absolute atomic E-state index is 0.285. The maximum atomic E-state index is 10.6. The molecule has 1 amide bonds. The minimum atomic E-state index is -0.285. The van der Waals surface area contributed by atoms with Gasteiger partial charge in [-0.25, -0.2) is 0 Å². The fourth-order valence-electron chi connectivity index (χ4n) is 1.53. The van der Waals surface area contributed by atoms with Crippen molar-refractivity contribution >= 4 is 17.3 Å². The average Bonchev–Trinajstić information content (AvgIpc) is 2.19. The first-order valence-corrected chi connectivity index (χ1v) is 5.31. The lowest BCUT2D eigenvalue weighted by Gasteiger charge is -2.17. The lowest BCUT2D eigenvalue weighted by atomic mass is 10.1. The maximum absolute atomic E-state index is 10.6. The molecule has 88 valence electrons. The van der Waals surface area contributed by atoms with E-state index in [2.05, 4.69) is 29.3 Å². The molecule has 0 radical (unpaired) electrons. The molecule has 4 heteroatoms. The molecule has 16 heavy (non-hydrogen) atoms. The Labute approximate surface area is 96.4 Å². The van der Waals surface area contributed by atoms with Gasteiger partial charge in [-0.05, 0) is 24.6 Å². The second kappa shape index (κ2) is 5.39. The number of benzene rings is 1. The van der Waals surface area contributed by atoms with Crippen LogP contribution < -0.4 is 16.0 Å². The van der Waals surface area contributed by atoms with E-state index in [1.807, 2.05) is 20.2 Å². The van der Waals surface area contributed by atoms with Crippen LogP contribution in [0.3, 0.4) is 0 Å². The average molecular weight is 221 g/mol. The van der Waals surface area contributed by atoms with E-state index in [9.17, 15) is 4.79 Å². The van der Waals surface area contributed by atoms with Crippen LogP contribution in [-0.4, -0.2) is 26.5 Å². The molecule has 4 nitrogen and oxygen atoms in total. The highest BCUT2D eigenvalue weighted by molar-refractivity contribution is 5.74. The summed E-state index contributed by atoms with van der Waals surface area (Å²) in [6, 6.07) is 6.13. The number of carbonyl (C=O) groups is 1. The van der Waals surface area contributed by atoms with Crippen LogP contribution in [0.15, 0.2) is 18.2 Å². The first kappa shape index (κ1) is 12.4. The summed E-state index contributed by atoms with van der Waals surface area (Å²) >= 11 is 0. The maximum Gasteiger partial charge on any atom is 0.219 e. The second-order valence-corrected chi connectivity index (χ2v) is 4.04. The predicted octanol–water partition coefficient (Wildman–Crippen LogP) is 1.35. The molecule has 0 spiro atoms. The van der Waals surface area contributed by atoms with Gasteiger partial charge in [0.25, 0.3) is 0 Å². The number of amides is 1. The van der Waals surface area contributed by atoms with Gasteiger partial charge in [0.1, 0.15) is 0 Å². The summed E-state index contributed by atoms with van der Waals surface area (Å²) in [5.74, 6) is -0.285. The Bertz CT molecular complexity index is 375. The first-order valence-electron chi connectivity index (χ1n) is 5.31. The van der Waals surface area contributed by atoms with Gasteiger partial charge in [-0.3, -0.25) is 4.79 Å². The highest BCUT2D eigenvalue weighted by atomic mass is 16.1. The number of hydrogen-bond acceptors (Lipinski definition) is 3. The number of rotatable bonds is 5. The summed E-state index contributed by atoms with van der Waals surface area (Å²) in [7, 11) is 4.02. The molecule has 0 heterocycles. The normalized spacial score (nSPS) is 9.94. The van der Waals surface area contributed by atoms with Crippen LogP contribution in [0.5, 0.6) is 0 Å². The molecule has 0 aliphatic heterocycles. The lowest BCUT2D eigenvalue weighted by molar-refractivity contribution is -0.117. The van der Waals surface area contributed by atoms with Crippen molar-refractivity contribution in [2.75, 3.05) is 30.9 Å². The summed E-state index contributed by atoms with van der Waals surface area (Å²) < 4.78 is 0. The molecule has 0 bridgehead atoms. The van der Waals surface area contributed by atoms with Crippen molar-refractivity contribution in [1.29, 1.82) is 0 Å². The molecule has 0 aromatic heterocycles. The van der Waals surface area contributed by atoms with Gasteiger partial charge in [0, 0.05) is 38.4 Å². The van der Waals surface area contributed by atoms with Crippen molar-refractivity contribution in [3.63, 3.8) is 0 Å². The van der Waals surface area contributed by atoms with Crippen molar-refractivity contribution < 1.29 is 4.79 Å². The third-order valence-electron chi connectivity index (χ3n) is 2.39. The zero-order valence-corrected chi connectivity index (χ0v) is 10.1. The number of hydrogen-bond donors (Lipinski definition) is 2. The quantitative estimate of drug-likeness (QED) is 0.789. The van der Waals surface area contributed by atoms with Gasteiger partial charge in [0.15, 0.2) is 0 Å². The molecular weight excluding hydrogens is 202 g/mol. The molecule has 0 saturated carbocycles. The Morgan fingerprint density at radius 2 is 2.12 bits per heavy atom. The molecule has 0 saturated heterocycles. The summed E-state index contributed by atoms with van der Waals surface area (Å²) in [6.07, 6.45) is 0.352. The van der Waals surface area contributed by atoms with Gasteiger partial charge in [0.05, 0.1) is 0 Å². The summed E-state index contributed by atoms with van der Waals surface area (Å²) in [4.78, 5) is 12.7. The standard InChI is InChI=1S/C12H19N3O/c1-9-4-5-10(8-11(9)15(2)3)14-7-6-12(13)16/h4-5,8,14H,6-7H2,1-3H3,(H2,13,16). The molecule has 3 N–H and O–H groups in total. The second-order valence-electron chi connectivity index (χ2n) is 4.04. The highest BCUT2D eigenvalue weighted by Gasteiger charge is 2.02. The Hall–Kier alpha value is -1.71. The minimum Gasteiger partial charge on any atom is -0.384 e. The number of nitrogens with one attached hydrogen (secondary N) is 1. The molecule has 0 aliphatic carbocycles. The molecule has 1 rings (SSSR count). The van der Waals surface area contributed by atoms with E-state index in [1.54, 1.807) is 0 Å². The summed E-state index contributed by atoms with van der Waals surface area (Å²) in [5.41, 5.74) is 8.48. The van der Waals surface area contributed by atoms with Crippen molar-refractivity contribution in [3.8, 4) is 0 Å². The first-order chi connectivity index (χ1) is 7.50.